The standard InChI is InChI=1S/C13H17ClN2O4S/c14-9-3-1-4-10(7-9)21(19,20)16-6-2-5-11(13(15)18)12(17)8-16/h1,3-4,7,11-12,17H,2,5-6,8H2,(H2,15,18). The molecule has 3 N–H and O–H groups in total. The monoisotopic (exact) mass is 332 g/mol. The molecule has 21 heavy (non-hydrogen) atoms. The average Bonchev–Trinajstić information content (AvgIpc) is 2.61. The number of halogens is 1. The molecule has 0 radical (unpaired) electrons. The van der Waals surface area contributed by atoms with Gasteiger partial charge in [0, 0.05) is 18.1 Å². The lowest BCUT2D eigenvalue weighted by atomic mass is 9.98. The van der Waals surface area contributed by atoms with E-state index in [0.29, 0.717) is 17.9 Å². The van der Waals surface area contributed by atoms with Crippen molar-refractivity contribution in [2.24, 2.45) is 11.7 Å². The molecule has 0 aliphatic carbocycles. The summed E-state index contributed by atoms with van der Waals surface area (Å²) in [4.78, 5) is 11.3. The van der Waals surface area contributed by atoms with Gasteiger partial charge >= 0.3 is 0 Å². The molecular weight excluding hydrogens is 316 g/mol. The summed E-state index contributed by atoms with van der Waals surface area (Å²) in [6.45, 7) is 0.0815. The number of benzene rings is 1. The number of primary amides is 1. The van der Waals surface area contributed by atoms with Crippen molar-refractivity contribution in [1.29, 1.82) is 0 Å². The van der Waals surface area contributed by atoms with Crippen LogP contribution in [0, 0.1) is 5.92 Å². The minimum absolute atomic E-state index is 0.0692. The number of β-amino-alcohol motifs (C(OH)–C–C–N with tert-alkyl or cyclic N) is 1. The van der Waals surface area contributed by atoms with Gasteiger partial charge in [0.25, 0.3) is 0 Å². The third-order valence-electron chi connectivity index (χ3n) is 3.58. The number of carbonyl (C=O) groups excluding carboxylic acids is 1. The van der Waals surface area contributed by atoms with Crippen LogP contribution in [0.5, 0.6) is 0 Å². The molecule has 1 aromatic carbocycles. The van der Waals surface area contributed by atoms with Gasteiger partial charge in [-0.1, -0.05) is 17.7 Å². The molecule has 2 unspecified atom stereocenters. The SMILES string of the molecule is NC(=O)C1CCCN(S(=O)(=O)c2cccc(Cl)c2)CC1O. The summed E-state index contributed by atoms with van der Waals surface area (Å²) < 4.78 is 26.3. The zero-order chi connectivity index (χ0) is 15.6. The number of hydrogen-bond donors (Lipinski definition) is 2. The Balaban J connectivity index is 2.27. The number of aliphatic hydroxyl groups is 1. The van der Waals surface area contributed by atoms with Gasteiger partial charge < -0.3 is 10.8 Å². The zero-order valence-electron chi connectivity index (χ0n) is 11.3. The Morgan fingerprint density at radius 3 is 2.76 bits per heavy atom. The van der Waals surface area contributed by atoms with E-state index in [9.17, 15) is 18.3 Å². The molecule has 2 atom stereocenters. The van der Waals surface area contributed by atoms with Gasteiger partial charge in [-0.3, -0.25) is 4.79 Å². The van der Waals surface area contributed by atoms with Gasteiger partial charge in [0.05, 0.1) is 16.9 Å². The van der Waals surface area contributed by atoms with Gasteiger partial charge in [0.1, 0.15) is 0 Å². The van der Waals surface area contributed by atoms with E-state index >= 15 is 0 Å². The Kier molecular flexibility index (Phi) is 4.88. The fourth-order valence-electron chi connectivity index (χ4n) is 2.43. The molecule has 6 nitrogen and oxygen atoms in total. The highest BCUT2D eigenvalue weighted by molar-refractivity contribution is 7.89. The van der Waals surface area contributed by atoms with Crippen molar-refractivity contribution in [2.45, 2.75) is 23.8 Å². The number of amides is 1. The van der Waals surface area contributed by atoms with Crippen LogP contribution >= 0.6 is 11.6 Å². The van der Waals surface area contributed by atoms with E-state index in [-0.39, 0.29) is 18.0 Å². The fraction of sp³-hybridized carbons (Fsp3) is 0.462. The number of nitrogens with two attached hydrogens (primary N) is 1. The lowest BCUT2D eigenvalue weighted by Gasteiger charge is -2.23. The third-order valence-corrected chi connectivity index (χ3v) is 5.67. The molecule has 1 fully saturated rings. The van der Waals surface area contributed by atoms with E-state index < -0.39 is 28.0 Å². The summed E-state index contributed by atoms with van der Waals surface area (Å²) in [5.41, 5.74) is 5.23. The quantitative estimate of drug-likeness (QED) is 0.845. The maximum Gasteiger partial charge on any atom is 0.243 e. The van der Waals surface area contributed by atoms with Crippen LogP contribution in [-0.4, -0.2) is 42.9 Å². The second-order valence-electron chi connectivity index (χ2n) is 5.04. The van der Waals surface area contributed by atoms with Gasteiger partial charge in [-0.25, -0.2) is 8.42 Å². The average molecular weight is 333 g/mol. The summed E-state index contributed by atoms with van der Waals surface area (Å²) in [6, 6.07) is 5.94. The number of hydrogen-bond acceptors (Lipinski definition) is 4. The Morgan fingerprint density at radius 2 is 2.14 bits per heavy atom. The molecular formula is C13H17ClN2O4S. The highest BCUT2D eigenvalue weighted by Gasteiger charge is 2.34. The molecule has 8 heteroatoms. The van der Waals surface area contributed by atoms with Crippen LogP contribution in [-0.2, 0) is 14.8 Å². The molecule has 1 heterocycles. The van der Waals surface area contributed by atoms with Gasteiger partial charge in [-0.15, -0.1) is 0 Å². The second-order valence-corrected chi connectivity index (χ2v) is 7.41. The number of aliphatic hydroxyl groups excluding tert-OH is 1. The van der Waals surface area contributed by atoms with Gasteiger partial charge in [0.15, 0.2) is 0 Å². The first-order valence-electron chi connectivity index (χ1n) is 6.55. The van der Waals surface area contributed by atoms with Crippen LogP contribution in [0.2, 0.25) is 5.02 Å². The first kappa shape index (κ1) is 16.2. The maximum atomic E-state index is 12.6. The molecule has 0 spiro atoms. The van der Waals surface area contributed by atoms with Crippen LogP contribution in [0.1, 0.15) is 12.8 Å². The van der Waals surface area contributed by atoms with E-state index in [1.165, 1.54) is 16.4 Å². The van der Waals surface area contributed by atoms with Crippen molar-refractivity contribution in [3.05, 3.63) is 29.3 Å². The Labute approximate surface area is 128 Å². The molecule has 116 valence electrons. The Bertz CT molecular complexity index is 635. The second kappa shape index (κ2) is 6.31. The first-order valence-corrected chi connectivity index (χ1v) is 8.37. The number of nitrogens with zero attached hydrogens (tertiary/aromatic N) is 1. The van der Waals surface area contributed by atoms with Gasteiger partial charge in [-0.05, 0) is 31.0 Å². The number of carbonyl (C=O) groups is 1. The summed E-state index contributed by atoms with van der Waals surface area (Å²) in [7, 11) is -3.75. The molecule has 0 saturated carbocycles. The first-order chi connectivity index (χ1) is 9.82. The predicted molar refractivity (Wildman–Crippen MR) is 78.1 cm³/mol. The molecule has 1 amide bonds. The van der Waals surface area contributed by atoms with Crippen LogP contribution in [0.25, 0.3) is 0 Å². The number of sulfonamides is 1. The van der Waals surface area contributed by atoms with E-state index in [0.717, 1.165) is 0 Å². The Morgan fingerprint density at radius 1 is 1.43 bits per heavy atom. The molecule has 0 bridgehead atoms. The molecule has 2 rings (SSSR count). The topological polar surface area (TPSA) is 101 Å². The third kappa shape index (κ3) is 3.55. The lowest BCUT2D eigenvalue weighted by Crippen LogP contribution is -2.41. The normalized spacial score (nSPS) is 24.5. The highest BCUT2D eigenvalue weighted by atomic mass is 35.5. The molecule has 1 saturated heterocycles. The van der Waals surface area contributed by atoms with Crippen molar-refractivity contribution >= 4 is 27.5 Å². The minimum Gasteiger partial charge on any atom is -0.391 e. The van der Waals surface area contributed by atoms with Crippen molar-refractivity contribution in [3.63, 3.8) is 0 Å². The number of rotatable bonds is 3. The van der Waals surface area contributed by atoms with E-state index in [1.807, 2.05) is 0 Å². The minimum atomic E-state index is -3.75. The van der Waals surface area contributed by atoms with Crippen LogP contribution in [0.15, 0.2) is 29.2 Å². The van der Waals surface area contributed by atoms with Crippen molar-refractivity contribution in [3.8, 4) is 0 Å². The Hall–Kier alpha value is -1.15. The van der Waals surface area contributed by atoms with E-state index in [2.05, 4.69) is 0 Å². The summed E-state index contributed by atoms with van der Waals surface area (Å²) in [5.74, 6) is -1.32. The van der Waals surface area contributed by atoms with Crippen molar-refractivity contribution < 1.29 is 18.3 Å². The summed E-state index contributed by atoms with van der Waals surface area (Å²) in [6.07, 6.45) is -0.262. The summed E-state index contributed by atoms with van der Waals surface area (Å²) in [5, 5.41) is 10.3. The van der Waals surface area contributed by atoms with Gasteiger partial charge in [-0.2, -0.15) is 4.31 Å². The van der Waals surface area contributed by atoms with E-state index in [1.54, 1.807) is 12.1 Å². The fourth-order valence-corrected chi connectivity index (χ4v) is 4.23. The maximum absolute atomic E-state index is 12.6. The van der Waals surface area contributed by atoms with Crippen LogP contribution in [0.4, 0.5) is 0 Å². The van der Waals surface area contributed by atoms with Crippen LogP contribution in [0.3, 0.4) is 0 Å². The highest BCUT2D eigenvalue weighted by Crippen LogP contribution is 2.24. The van der Waals surface area contributed by atoms with Crippen molar-refractivity contribution in [1.82, 2.24) is 4.31 Å². The van der Waals surface area contributed by atoms with E-state index in [4.69, 9.17) is 17.3 Å². The predicted octanol–water partition coefficient (Wildman–Crippen LogP) is 0.587. The van der Waals surface area contributed by atoms with Gasteiger partial charge in [0.2, 0.25) is 15.9 Å². The lowest BCUT2D eigenvalue weighted by molar-refractivity contribution is -0.125. The molecule has 1 aliphatic heterocycles. The smallest absolute Gasteiger partial charge is 0.243 e. The summed E-state index contributed by atoms with van der Waals surface area (Å²) >= 11 is 5.82. The molecule has 1 aliphatic rings. The largest absolute Gasteiger partial charge is 0.391 e. The molecule has 1 aromatic rings. The van der Waals surface area contributed by atoms with Crippen molar-refractivity contribution in [2.75, 3.05) is 13.1 Å². The van der Waals surface area contributed by atoms with Crippen LogP contribution < -0.4 is 5.73 Å². The molecule has 0 aromatic heterocycles. The zero-order valence-corrected chi connectivity index (χ0v) is 12.8.